The van der Waals surface area contributed by atoms with Gasteiger partial charge in [-0.2, -0.15) is 0 Å². The number of para-hydroxylation sites is 1. The number of anilines is 1. The van der Waals surface area contributed by atoms with Crippen molar-refractivity contribution in [2.75, 3.05) is 11.4 Å². The third-order valence-corrected chi connectivity index (χ3v) is 7.91. The summed E-state index contributed by atoms with van der Waals surface area (Å²) in [6.07, 6.45) is 11.5. The van der Waals surface area contributed by atoms with Gasteiger partial charge in [-0.25, -0.2) is 4.98 Å². The van der Waals surface area contributed by atoms with Crippen molar-refractivity contribution in [1.82, 2.24) is 9.97 Å². The van der Waals surface area contributed by atoms with E-state index < -0.39 is 0 Å². The molecule has 0 aliphatic carbocycles. The van der Waals surface area contributed by atoms with Crippen LogP contribution in [0.15, 0.2) is 47.3 Å². The number of fused-ring (bicyclic) bond motifs is 2. The molecule has 4 heterocycles. The van der Waals surface area contributed by atoms with Gasteiger partial charge in [-0.15, -0.1) is 0 Å². The van der Waals surface area contributed by atoms with Crippen molar-refractivity contribution in [3.63, 3.8) is 0 Å². The molecule has 1 atom stereocenters. The van der Waals surface area contributed by atoms with E-state index >= 15 is 0 Å². The van der Waals surface area contributed by atoms with E-state index in [1.54, 1.807) is 6.20 Å². The molecule has 1 aliphatic heterocycles. The average Bonchev–Trinajstić information content (AvgIpc) is 3.57. The number of nitrogens with zero attached hydrogens (tertiary/aromatic N) is 2. The maximum Gasteiger partial charge on any atom is 0.186 e. The third-order valence-electron chi connectivity index (χ3n) is 6.81. The Morgan fingerprint density at radius 2 is 2.21 bits per heavy atom. The molecule has 5 nitrogen and oxygen atoms in total. The van der Waals surface area contributed by atoms with E-state index in [1.807, 2.05) is 6.26 Å². The lowest BCUT2D eigenvalue weighted by molar-refractivity contribution is 0.0962. The van der Waals surface area contributed by atoms with Gasteiger partial charge in [-0.1, -0.05) is 49.3 Å². The molecule has 1 aliphatic rings. The number of Topliss-reactive ketones (excluding diaryl/α,β-unsaturated/α-hetero) is 1. The maximum atomic E-state index is 13.2. The number of ketones is 1. The predicted octanol–water partition coefficient (Wildman–Crippen LogP) is 6.71. The minimum atomic E-state index is 0.219. The Balaban J connectivity index is 1.28. The monoisotopic (exact) mass is 461 g/mol. The summed E-state index contributed by atoms with van der Waals surface area (Å²) in [5.41, 5.74) is 4.93. The largest absolute Gasteiger partial charge is 0.469 e. The molecule has 0 saturated carbocycles. The van der Waals surface area contributed by atoms with Gasteiger partial charge < -0.3 is 14.3 Å². The number of nitrogens with one attached hydrogen (secondary N) is 1. The molecule has 6 heteroatoms. The molecule has 5 rings (SSSR count). The lowest BCUT2D eigenvalue weighted by Gasteiger charge is -2.26. The van der Waals surface area contributed by atoms with E-state index in [0.29, 0.717) is 12.3 Å². The Kier molecular flexibility index (Phi) is 6.36. The number of carbonyl (C=O) groups excluding carboxylic acids is 1. The number of hydrogen-bond acceptors (Lipinski definition) is 5. The number of aromatic nitrogens is 2. The van der Waals surface area contributed by atoms with Crippen LogP contribution >= 0.6 is 11.3 Å². The molecule has 4 aromatic rings. The van der Waals surface area contributed by atoms with Gasteiger partial charge in [-0.3, -0.25) is 4.79 Å². The highest BCUT2D eigenvalue weighted by molar-refractivity contribution is 7.17. The van der Waals surface area contributed by atoms with Crippen LogP contribution in [0.25, 0.3) is 10.9 Å². The maximum absolute atomic E-state index is 13.2. The van der Waals surface area contributed by atoms with Crippen LogP contribution in [0.5, 0.6) is 0 Å². The Hall–Kier alpha value is -2.86. The fraction of sp³-hybridized carbons (Fsp3) is 0.407. The van der Waals surface area contributed by atoms with Crippen molar-refractivity contribution in [2.24, 2.45) is 5.92 Å². The van der Waals surface area contributed by atoms with Gasteiger partial charge in [0.15, 0.2) is 10.9 Å². The molecule has 0 bridgehead atoms. The highest BCUT2D eigenvalue weighted by Crippen LogP contribution is 2.32. The minimum Gasteiger partial charge on any atom is -0.469 e. The summed E-state index contributed by atoms with van der Waals surface area (Å²) in [5.74, 6) is 1.65. The zero-order chi connectivity index (χ0) is 22.8. The van der Waals surface area contributed by atoms with Gasteiger partial charge in [0, 0.05) is 48.6 Å². The van der Waals surface area contributed by atoms with Crippen molar-refractivity contribution in [1.29, 1.82) is 0 Å². The second-order valence-corrected chi connectivity index (χ2v) is 10.2. The molecule has 0 amide bonds. The molecule has 172 valence electrons. The number of carbonyl (C=O) groups is 1. The number of hydrogen-bond donors (Lipinski definition) is 1. The van der Waals surface area contributed by atoms with Crippen molar-refractivity contribution in [2.45, 2.75) is 58.9 Å². The summed E-state index contributed by atoms with van der Waals surface area (Å²) in [7, 11) is 0. The molecule has 1 unspecified atom stereocenters. The van der Waals surface area contributed by atoms with Crippen molar-refractivity contribution < 1.29 is 9.21 Å². The van der Waals surface area contributed by atoms with Crippen LogP contribution in [0.2, 0.25) is 0 Å². The molecule has 1 aromatic carbocycles. The Morgan fingerprint density at radius 1 is 1.33 bits per heavy atom. The number of rotatable bonds is 9. The van der Waals surface area contributed by atoms with E-state index in [4.69, 9.17) is 4.42 Å². The lowest BCUT2D eigenvalue weighted by Crippen LogP contribution is -2.29. The number of thiazole rings is 1. The van der Waals surface area contributed by atoms with Crippen LogP contribution in [0.4, 0.5) is 5.13 Å². The summed E-state index contributed by atoms with van der Waals surface area (Å²) >= 11 is 1.54. The van der Waals surface area contributed by atoms with Gasteiger partial charge in [0.1, 0.15) is 5.76 Å². The van der Waals surface area contributed by atoms with Gasteiger partial charge in [0.05, 0.1) is 17.3 Å². The van der Waals surface area contributed by atoms with Crippen molar-refractivity contribution in [3.8, 4) is 0 Å². The number of benzene rings is 1. The molecule has 0 spiro atoms. The number of furan rings is 1. The fourth-order valence-electron chi connectivity index (χ4n) is 4.90. The quantitative estimate of drug-likeness (QED) is 0.281. The van der Waals surface area contributed by atoms with Gasteiger partial charge in [-0.05, 0) is 42.9 Å². The van der Waals surface area contributed by atoms with Gasteiger partial charge in [0.2, 0.25) is 0 Å². The second kappa shape index (κ2) is 9.56. The van der Waals surface area contributed by atoms with Crippen LogP contribution in [-0.4, -0.2) is 22.3 Å². The minimum absolute atomic E-state index is 0.219. The molecule has 0 radical (unpaired) electrons. The Morgan fingerprint density at radius 3 is 3.09 bits per heavy atom. The standard InChI is InChI=1S/C27H31N3O2S/c1-3-4-7-19(12-20-14-28-23-9-6-5-8-21(20)23)13-24(31)26-15-29-27(33-26)30-11-10-25-22(16-30)18(2)17-32-25/h5-6,8-9,14-15,17,19,28H,3-4,7,10-13,16H2,1-2H3. The average molecular weight is 462 g/mol. The molecule has 1 N–H and O–H groups in total. The number of unbranched alkanes of at least 4 members (excludes halogenated alkanes) is 1. The van der Waals surface area contributed by atoms with Crippen LogP contribution in [0.1, 0.15) is 64.7 Å². The van der Waals surface area contributed by atoms with Crippen molar-refractivity contribution >= 4 is 33.2 Å². The van der Waals surface area contributed by atoms with Crippen LogP contribution in [-0.2, 0) is 19.4 Å². The molecular formula is C27H31N3O2S. The van der Waals surface area contributed by atoms with Gasteiger partial charge >= 0.3 is 0 Å². The van der Waals surface area contributed by atoms with Crippen LogP contribution < -0.4 is 4.90 Å². The number of aryl methyl sites for hydroxylation is 1. The Bertz CT molecular complexity index is 1250. The molecule has 0 fully saturated rings. The Labute approximate surface area is 198 Å². The fourth-order valence-corrected chi connectivity index (χ4v) is 5.79. The number of H-pyrrole nitrogens is 1. The van der Waals surface area contributed by atoms with E-state index in [1.165, 1.54) is 33.4 Å². The summed E-state index contributed by atoms with van der Waals surface area (Å²) in [4.78, 5) is 24.3. The normalized spacial score (nSPS) is 14.5. The molecule has 3 aromatic heterocycles. The smallest absolute Gasteiger partial charge is 0.186 e. The van der Waals surface area contributed by atoms with E-state index in [-0.39, 0.29) is 5.78 Å². The predicted molar refractivity (Wildman–Crippen MR) is 134 cm³/mol. The zero-order valence-corrected chi connectivity index (χ0v) is 20.2. The lowest BCUT2D eigenvalue weighted by atomic mass is 9.89. The third kappa shape index (κ3) is 4.62. The molecule has 33 heavy (non-hydrogen) atoms. The molecular weight excluding hydrogens is 430 g/mol. The van der Waals surface area contributed by atoms with Gasteiger partial charge in [0.25, 0.3) is 0 Å². The first-order valence-corrected chi connectivity index (χ1v) is 12.8. The second-order valence-electron chi connectivity index (χ2n) is 9.20. The first-order chi connectivity index (χ1) is 16.1. The first kappa shape index (κ1) is 22.0. The van der Waals surface area contributed by atoms with E-state index in [2.05, 4.69) is 59.2 Å². The topological polar surface area (TPSA) is 62.1 Å². The number of aromatic amines is 1. The summed E-state index contributed by atoms with van der Waals surface area (Å²) < 4.78 is 5.66. The van der Waals surface area contributed by atoms with Crippen LogP contribution in [0.3, 0.4) is 0 Å². The summed E-state index contributed by atoms with van der Waals surface area (Å²) in [6, 6.07) is 8.41. The molecule has 0 saturated heterocycles. The first-order valence-electron chi connectivity index (χ1n) is 12.0. The van der Waals surface area contributed by atoms with Crippen LogP contribution in [0, 0.1) is 12.8 Å². The highest BCUT2D eigenvalue weighted by atomic mass is 32.1. The summed E-state index contributed by atoms with van der Waals surface area (Å²) in [6.45, 7) is 5.98. The van der Waals surface area contributed by atoms with Crippen molar-refractivity contribution in [3.05, 3.63) is 70.3 Å². The van der Waals surface area contributed by atoms with E-state index in [9.17, 15) is 4.79 Å². The zero-order valence-electron chi connectivity index (χ0n) is 19.4. The highest BCUT2D eigenvalue weighted by Gasteiger charge is 2.25. The summed E-state index contributed by atoms with van der Waals surface area (Å²) in [5, 5.41) is 2.21. The SMILES string of the molecule is CCCCC(CC(=O)c1cnc(N2CCc3occ(C)c3C2)s1)Cc1c[nH]c2ccccc12. The van der Waals surface area contributed by atoms with E-state index in [0.717, 1.165) is 66.5 Å².